The molecule has 1 aliphatic rings. The number of halogens is 1. The van der Waals surface area contributed by atoms with Gasteiger partial charge < -0.3 is 10.4 Å². The molecule has 0 spiro atoms. The number of rotatable bonds is 3. The number of benzene rings is 1. The van der Waals surface area contributed by atoms with Gasteiger partial charge in [0.25, 0.3) is 0 Å². The largest absolute Gasteiger partial charge is 0.478 e. The molecule has 1 aromatic carbocycles. The zero-order valence-corrected chi connectivity index (χ0v) is 11.0. The van der Waals surface area contributed by atoms with Crippen LogP contribution in [0.15, 0.2) is 18.2 Å². The molecule has 1 fully saturated rings. The second-order valence-corrected chi connectivity index (χ2v) is 6.02. The van der Waals surface area contributed by atoms with E-state index in [2.05, 4.69) is 33.0 Å². The van der Waals surface area contributed by atoms with Gasteiger partial charge in [-0.15, -0.1) is 0 Å². The predicted molar refractivity (Wildman–Crippen MR) is 68.3 cm³/mol. The fraction of sp³-hybridized carbons (Fsp3) is 0.500. The Morgan fingerprint density at radius 3 is 2.28 bits per heavy atom. The van der Waals surface area contributed by atoms with Crippen LogP contribution in [0.25, 0.3) is 0 Å². The Kier molecular flexibility index (Phi) is 2.65. The fourth-order valence-corrected chi connectivity index (χ4v) is 2.53. The predicted octanol–water partition coefficient (Wildman–Crippen LogP) is 3.37. The number of hydrogen-bond donors (Lipinski definition) is 2. The average molecular weight is 251 g/mol. The van der Waals surface area contributed by atoms with E-state index < -0.39 is 11.8 Å². The van der Waals surface area contributed by atoms with E-state index in [1.807, 2.05) is 0 Å². The Morgan fingerprint density at radius 2 is 1.83 bits per heavy atom. The zero-order chi connectivity index (χ0) is 13.7. The van der Waals surface area contributed by atoms with Crippen molar-refractivity contribution in [2.45, 2.75) is 33.7 Å². The van der Waals surface area contributed by atoms with Gasteiger partial charge in [-0.3, -0.25) is 0 Å². The summed E-state index contributed by atoms with van der Waals surface area (Å²) in [4.78, 5) is 11.1. The lowest BCUT2D eigenvalue weighted by Gasteiger charge is -2.11. The molecule has 0 amide bonds. The van der Waals surface area contributed by atoms with Crippen molar-refractivity contribution in [2.24, 2.45) is 10.8 Å². The van der Waals surface area contributed by atoms with Crippen LogP contribution in [0.3, 0.4) is 0 Å². The first-order valence-corrected chi connectivity index (χ1v) is 5.97. The minimum absolute atomic E-state index is 0.0199. The molecule has 18 heavy (non-hydrogen) atoms. The van der Waals surface area contributed by atoms with Gasteiger partial charge in [-0.1, -0.05) is 27.7 Å². The highest BCUT2D eigenvalue weighted by Gasteiger charge is 2.65. The van der Waals surface area contributed by atoms with Crippen molar-refractivity contribution in [3.05, 3.63) is 29.6 Å². The lowest BCUT2D eigenvalue weighted by molar-refractivity contribution is 0.0697. The van der Waals surface area contributed by atoms with Crippen LogP contribution in [0.5, 0.6) is 0 Å². The smallest absolute Gasteiger partial charge is 0.337 e. The van der Waals surface area contributed by atoms with Crippen molar-refractivity contribution in [1.29, 1.82) is 0 Å². The number of hydrogen-bond acceptors (Lipinski definition) is 2. The van der Waals surface area contributed by atoms with E-state index in [-0.39, 0.29) is 22.4 Å². The van der Waals surface area contributed by atoms with Gasteiger partial charge in [-0.2, -0.15) is 0 Å². The van der Waals surface area contributed by atoms with E-state index in [1.165, 1.54) is 12.1 Å². The van der Waals surface area contributed by atoms with Crippen LogP contribution in [-0.4, -0.2) is 17.1 Å². The zero-order valence-electron chi connectivity index (χ0n) is 11.0. The molecular weight excluding hydrogens is 233 g/mol. The van der Waals surface area contributed by atoms with Gasteiger partial charge in [0.15, 0.2) is 0 Å². The Morgan fingerprint density at radius 1 is 1.28 bits per heavy atom. The van der Waals surface area contributed by atoms with E-state index in [0.717, 1.165) is 6.07 Å². The molecule has 4 heteroatoms. The number of carboxylic acids is 1. The highest BCUT2D eigenvalue weighted by atomic mass is 19.1. The summed E-state index contributed by atoms with van der Waals surface area (Å²) in [6, 6.07) is 4.00. The fourth-order valence-electron chi connectivity index (χ4n) is 2.53. The third kappa shape index (κ3) is 1.76. The van der Waals surface area contributed by atoms with Crippen LogP contribution in [0.1, 0.15) is 38.1 Å². The van der Waals surface area contributed by atoms with Crippen molar-refractivity contribution in [1.82, 2.24) is 0 Å². The van der Waals surface area contributed by atoms with Gasteiger partial charge in [0.1, 0.15) is 5.82 Å². The van der Waals surface area contributed by atoms with Crippen molar-refractivity contribution in [3.8, 4) is 0 Å². The summed E-state index contributed by atoms with van der Waals surface area (Å²) in [6.07, 6.45) is 0. The second-order valence-electron chi connectivity index (χ2n) is 6.02. The van der Waals surface area contributed by atoms with Crippen molar-refractivity contribution in [3.63, 3.8) is 0 Å². The molecule has 0 aromatic heterocycles. The number of carbonyl (C=O) groups is 1. The number of carboxylic acid groups (broad SMARTS) is 1. The molecule has 1 aliphatic carbocycles. The molecule has 0 heterocycles. The maximum atomic E-state index is 13.1. The second kappa shape index (κ2) is 3.70. The Labute approximate surface area is 106 Å². The average Bonchev–Trinajstić information content (AvgIpc) is 2.62. The topological polar surface area (TPSA) is 49.3 Å². The molecule has 0 atom stereocenters. The summed E-state index contributed by atoms with van der Waals surface area (Å²) in [7, 11) is 0. The van der Waals surface area contributed by atoms with Gasteiger partial charge >= 0.3 is 5.97 Å². The Bertz CT molecular complexity index is 495. The number of nitrogens with one attached hydrogen (secondary N) is 1. The van der Waals surface area contributed by atoms with E-state index in [9.17, 15) is 9.18 Å². The first-order valence-electron chi connectivity index (χ1n) is 5.97. The lowest BCUT2D eigenvalue weighted by atomic mass is 10.0. The molecule has 98 valence electrons. The minimum Gasteiger partial charge on any atom is -0.478 e. The molecular formula is C14H18FNO2. The van der Waals surface area contributed by atoms with Crippen LogP contribution in [0.2, 0.25) is 0 Å². The van der Waals surface area contributed by atoms with Gasteiger partial charge in [0.2, 0.25) is 0 Å². The van der Waals surface area contributed by atoms with E-state index in [1.54, 1.807) is 0 Å². The molecule has 2 N–H and O–H groups in total. The monoisotopic (exact) mass is 251 g/mol. The highest BCUT2D eigenvalue weighted by Crippen LogP contribution is 2.63. The van der Waals surface area contributed by atoms with E-state index in [0.29, 0.717) is 5.69 Å². The van der Waals surface area contributed by atoms with Gasteiger partial charge in [0, 0.05) is 11.7 Å². The molecule has 2 rings (SSSR count). The quantitative estimate of drug-likeness (QED) is 0.866. The standard InChI is InChI=1S/C14H18FNO2/c1-13(2)12(14(13,3)4)16-10-6-5-8(15)7-9(10)11(17)18/h5-7,12,16H,1-4H3,(H,17,18). The van der Waals surface area contributed by atoms with Gasteiger partial charge in [-0.05, 0) is 29.0 Å². The first kappa shape index (κ1) is 12.9. The Balaban J connectivity index is 2.29. The molecule has 1 aromatic rings. The summed E-state index contributed by atoms with van der Waals surface area (Å²) in [6.45, 7) is 8.53. The molecule has 0 bridgehead atoms. The minimum atomic E-state index is -1.12. The summed E-state index contributed by atoms with van der Waals surface area (Å²) in [5.41, 5.74) is 0.648. The van der Waals surface area contributed by atoms with Crippen molar-refractivity contribution in [2.75, 3.05) is 5.32 Å². The van der Waals surface area contributed by atoms with Crippen LogP contribution in [0, 0.1) is 16.6 Å². The molecule has 0 unspecified atom stereocenters. The Hall–Kier alpha value is -1.58. The van der Waals surface area contributed by atoms with E-state index >= 15 is 0 Å². The summed E-state index contributed by atoms with van der Waals surface area (Å²) >= 11 is 0. The van der Waals surface area contributed by atoms with Crippen LogP contribution < -0.4 is 5.32 Å². The molecule has 0 saturated heterocycles. The maximum absolute atomic E-state index is 13.1. The maximum Gasteiger partial charge on any atom is 0.337 e. The van der Waals surface area contributed by atoms with Gasteiger partial charge in [-0.25, -0.2) is 9.18 Å². The third-order valence-electron chi connectivity index (χ3n) is 4.53. The molecule has 1 saturated carbocycles. The normalized spacial score (nSPS) is 20.5. The van der Waals surface area contributed by atoms with Crippen molar-refractivity contribution < 1.29 is 14.3 Å². The lowest BCUT2D eigenvalue weighted by Crippen LogP contribution is -2.13. The van der Waals surface area contributed by atoms with Crippen molar-refractivity contribution >= 4 is 11.7 Å². The number of anilines is 1. The summed E-state index contributed by atoms with van der Waals surface area (Å²) in [5, 5.41) is 12.3. The molecule has 0 aliphatic heterocycles. The number of aromatic carboxylic acids is 1. The molecule has 0 radical (unpaired) electrons. The third-order valence-corrected chi connectivity index (χ3v) is 4.53. The van der Waals surface area contributed by atoms with Crippen LogP contribution >= 0.6 is 0 Å². The van der Waals surface area contributed by atoms with Crippen LogP contribution in [-0.2, 0) is 0 Å². The molecule has 3 nitrogen and oxygen atoms in total. The van der Waals surface area contributed by atoms with E-state index in [4.69, 9.17) is 5.11 Å². The summed E-state index contributed by atoms with van der Waals surface area (Å²) in [5.74, 6) is -1.65. The SMILES string of the molecule is CC1(C)C(Nc2ccc(F)cc2C(=O)O)C1(C)C. The first-order chi connectivity index (χ1) is 8.18. The van der Waals surface area contributed by atoms with Crippen LogP contribution in [0.4, 0.5) is 10.1 Å². The highest BCUT2D eigenvalue weighted by molar-refractivity contribution is 5.94. The van der Waals surface area contributed by atoms with Gasteiger partial charge in [0.05, 0.1) is 5.56 Å². The summed E-state index contributed by atoms with van der Waals surface area (Å²) < 4.78 is 13.1.